The molecule has 4 rings (SSSR count). The Morgan fingerprint density at radius 3 is 2.29 bits per heavy atom. The molecule has 6 N–H and O–H groups in total. The van der Waals surface area contributed by atoms with E-state index < -0.39 is 83.9 Å². The second-order valence-electron chi connectivity index (χ2n) is 14.4. The number of imidazole rings is 1. The molecule has 0 radical (unpaired) electrons. The lowest BCUT2D eigenvalue weighted by molar-refractivity contribution is -0.163. The largest absolute Gasteiger partial charge is 0.390 e. The molecule has 1 aromatic heterocycles. The molecule has 0 unspecified atom stereocenters. The van der Waals surface area contributed by atoms with Crippen LogP contribution in [0.5, 0.6) is 0 Å². The van der Waals surface area contributed by atoms with E-state index in [0.717, 1.165) is 35.9 Å². The van der Waals surface area contributed by atoms with Crippen LogP contribution in [0.2, 0.25) is 0 Å². The van der Waals surface area contributed by atoms with Crippen LogP contribution in [-0.4, -0.2) is 98.3 Å². The highest BCUT2D eigenvalue weighted by atomic mass is 19.1. The van der Waals surface area contributed by atoms with Gasteiger partial charge in [-0.3, -0.25) is 24.1 Å². The van der Waals surface area contributed by atoms with Crippen LogP contribution in [0.1, 0.15) is 63.9 Å². The normalized spacial score (nSPS) is 14.4. The van der Waals surface area contributed by atoms with Crippen molar-refractivity contribution in [2.75, 3.05) is 26.2 Å². The number of unbranched alkanes of at least 4 members (excludes halogenated alkanes) is 1. The maximum atomic E-state index is 15.0. The zero-order valence-electron chi connectivity index (χ0n) is 31.5. The van der Waals surface area contributed by atoms with E-state index in [-0.39, 0.29) is 49.6 Å². The lowest BCUT2D eigenvalue weighted by Gasteiger charge is -2.40. The Hall–Kier alpha value is -5.65. The highest BCUT2D eigenvalue weighted by molar-refractivity contribution is 6.14. The van der Waals surface area contributed by atoms with Gasteiger partial charge in [-0.05, 0) is 61.4 Å². The summed E-state index contributed by atoms with van der Waals surface area (Å²) in [6, 6.07) is 8.49. The smallest absolute Gasteiger partial charge is 0.336 e. The highest BCUT2D eigenvalue weighted by Crippen LogP contribution is 2.39. The molecule has 0 fully saturated rings. The van der Waals surface area contributed by atoms with E-state index in [1.165, 1.54) is 4.90 Å². The lowest BCUT2D eigenvalue weighted by Crippen LogP contribution is -2.49. The number of halogens is 2. The van der Waals surface area contributed by atoms with Crippen molar-refractivity contribution in [3.63, 3.8) is 0 Å². The third kappa shape index (κ3) is 11.2. The fourth-order valence-electron chi connectivity index (χ4n) is 6.22. The van der Waals surface area contributed by atoms with Gasteiger partial charge in [0.05, 0.1) is 11.7 Å². The van der Waals surface area contributed by atoms with E-state index in [9.17, 15) is 38.3 Å². The van der Waals surface area contributed by atoms with Gasteiger partial charge in [0.2, 0.25) is 11.8 Å². The quantitative estimate of drug-likeness (QED) is 0.0634. The van der Waals surface area contributed by atoms with Crippen molar-refractivity contribution < 1.29 is 47.4 Å². The molecular weight excluding hydrogens is 732 g/mol. The maximum Gasteiger partial charge on any atom is 0.336 e. The molecule has 56 heavy (non-hydrogen) atoms. The molecule has 4 amide bonds. The number of hydrogen-bond donors (Lipinski definition) is 4. The monoisotopic (exact) mass is 779 g/mol. The number of nitrogens with zero attached hydrogens (tertiary/aromatic N) is 4. The van der Waals surface area contributed by atoms with E-state index in [0.29, 0.717) is 17.7 Å². The van der Waals surface area contributed by atoms with E-state index in [2.05, 4.69) is 5.32 Å². The lowest BCUT2D eigenvalue weighted by atomic mass is 9.84. The van der Waals surface area contributed by atoms with Crippen LogP contribution in [0, 0.1) is 17.0 Å². The fourth-order valence-corrected chi connectivity index (χ4v) is 6.22. The number of nitrogens with two attached hydrogens (primary N) is 2. The number of benzene rings is 2. The fraction of sp³-hybridized carbons (Fsp3) is 0.410. The first-order valence-corrected chi connectivity index (χ1v) is 18.0. The summed E-state index contributed by atoms with van der Waals surface area (Å²) in [5.41, 5.74) is 11.8. The summed E-state index contributed by atoms with van der Waals surface area (Å²) in [6.07, 6.45) is 4.17. The number of carbonyl (C=O) groups is 6. The Morgan fingerprint density at radius 2 is 1.66 bits per heavy atom. The molecule has 3 atom stereocenters. The minimum atomic E-state index is -1.47. The van der Waals surface area contributed by atoms with Gasteiger partial charge in [0.25, 0.3) is 11.8 Å². The Balaban J connectivity index is 1.57. The molecule has 0 saturated heterocycles. The number of aliphatic hydroxyl groups is 1. The zero-order valence-corrected chi connectivity index (χ0v) is 31.5. The number of esters is 2. The van der Waals surface area contributed by atoms with Gasteiger partial charge >= 0.3 is 11.9 Å². The Morgan fingerprint density at radius 1 is 0.982 bits per heavy atom. The van der Waals surface area contributed by atoms with Crippen molar-refractivity contribution in [2.24, 2.45) is 16.9 Å². The number of rotatable bonds is 18. The summed E-state index contributed by atoms with van der Waals surface area (Å²) >= 11 is 0. The minimum absolute atomic E-state index is 0.0214. The zero-order chi connectivity index (χ0) is 41.2. The molecular formula is C39H47F2N7O8. The number of ether oxygens (including phenoxy) is 1. The molecule has 300 valence electrons. The average Bonchev–Trinajstić information content (AvgIpc) is 3.70. The first-order valence-electron chi connectivity index (χ1n) is 18.0. The van der Waals surface area contributed by atoms with E-state index in [1.54, 1.807) is 10.8 Å². The molecule has 2 aromatic carbocycles. The van der Waals surface area contributed by atoms with Crippen molar-refractivity contribution in [3.8, 4) is 11.3 Å². The molecule has 0 aliphatic carbocycles. The van der Waals surface area contributed by atoms with Crippen LogP contribution >= 0.6 is 0 Å². The Labute approximate surface area is 322 Å². The number of aliphatic hydroxyl groups excluding tert-OH is 1. The molecule has 0 spiro atoms. The third-order valence-corrected chi connectivity index (χ3v) is 8.99. The summed E-state index contributed by atoms with van der Waals surface area (Å²) in [7, 11) is 0. The standard InChI is InChI=1S/C39H47F2N7O8/c1-39(2,3)35(36-45-30(26-19-25(40)12-13-27(26)41)21-46(36)20-24-9-5-4-6-10-24)47(34(53)23-49)18-16-28(43)37(54)56-38(55)29(11-7-8-17-42)44-31(50)22-48-32(51)14-15-33(48)52/h4-6,9-10,12-15,19,21,28-29,35,49H,7-8,11,16-18,20,22-23,42-43H2,1-3H3,(H,44,50)/t28-,29-,35-/m0/s1. The van der Waals surface area contributed by atoms with Crippen molar-refractivity contribution in [3.05, 3.63) is 89.9 Å². The maximum absolute atomic E-state index is 15.0. The highest BCUT2D eigenvalue weighted by Gasteiger charge is 2.39. The number of amides is 4. The van der Waals surface area contributed by atoms with Gasteiger partial charge in [-0.2, -0.15) is 0 Å². The van der Waals surface area contributed by atoms with Crippen LogP contribution in [-0.2, 0) is 40.0 Å². The van der Waals surface area contributed by atoms with E-state index >= 15 is 4.39 Å². The molecule has 2 heterocycles. The van der Waals surface area contributed by atoms with Crippen LogP contribution in [0.3, 0.4) is 0 Å². The van der Waals surface area contributed by atoms with Gasteiger partial charge in [0.1, 0.15) is 42.7 Å². The first kappa shape index (κ1) is 43.1. The predicted molar refractivity (Wildman–Crippen MR) is 199 cm³/mol. The van der Waals surface area contributed by atoms with Crippen molar-refractivity contribution in [2.45, 2.75) is 71.1 Å². The summed E-state index contributed by atoms with van der Waals surface area (Å²) in [4.78, 5) is 83.0. The average molecular weight is 780 g/mol. The second-order valence-corrected chi connectivity index (χ2v) is 14.4. The van der Waals surface area contributed by atoms with Crippen LogP contribution in [0.25, 0.3) is 11.3 Å². The molecule has 3 aromatic rings. The molecule has 17 heteroatoms. The van der Waals surface area contributed by atoms with Gasteiger partial charge in [-0.25, -0.2) is 23.4 Å². The number of nitrogens with one attached hydrogen (secondary N) is 1. The molecule has 0 bridgehead atoms. The summed E-state index contributed by atoms with van der Waals surface area (Å²) in [6.45, 7) is 4.14. The van der Waals surface area contributed by atoms with Gasteiger partial charge < -0.3 is 36.1 Å². The number of aromatic nitrogens is 2. The van der Waals surface area contributed by atoms with Crippen LogP contribution in [0.4, 0.5) is 8.78 Å². The number of carbonyl (C=O) groups excluding carboxylic acids is 6. The second kappa shape index (κ2) is 19.3. The van der Waals surface area contributed by atoms with Gasteiger partial charge in [0, 0.05) is 37.0 Å². The first-order chi connectivity index (χ1) is 26.5. The number of hydrogen-bond acceptors (Lipinski definition) is 11. The molecule has 1 aliphatic rings. The third-order valence-electron chi connectivity index (χ3n) is 8.99. The predicted octanol–water partition coefficient (Wildman–Crippen LogP) is 2.11. The van der Waals surface area contributed by atoms with Crippen molar-refractivity contribution >= 4 is 35.6 Å². The Bertz CT molecular complexity index is 1930. The van der Waals surface area contributed by atoms with Crippen molar-refractivity contribution in [1.82, 2.24) is 24.7 Å². The molecule has 0 saturated carbocycles. The van der Waals surface area contributed by atoms with E-state index in [1.807, 2.05) is 51.1 Å². The SMILES string of the molecule is CC(C)(C)[C@H](c1nc(-c2cc(F)ccc2F)cn1Cc1ccccc1)N(CC[C@H](N)C(=O)OC(=O)[C@H](CCCCN)NC(=O)CN1C(=O)C=CC1=O)C(=O)CO. The van der Waals surface area contributed by atoms with E-state index in [4.69, 9.17) is 21.2 Å². The molecule has 15 nitrogen and oxygen atoms in total. The Kier molecular flexibility index (Phi) is 14.8. The van der Waals surface area contributed by atoms with Gasteiger partial charge in [-0.15, -0.1) is 0 Å². The summed E-state index contributed by atoms with van der Waals surface area (Å²) < 4.78 is 36.1. The minimum Gasteiger partial charge on any atom is -0.390 e. The van der Waals surface area contributed by atoms with Crippen LogP contribution < -0.4 is 16.8 Å². The number of imide groups is 1. The van der Waals surface area contributed by atoms with Gasteiger partial charge in [0.15, 0.2) is 0 Å². The van der Waals surface area contributed by atoms with Crippen LogP contribution in [0.15, 0.2) is 66.9 Å². The molecule has 1 aliphatic heterocycles. The topological polar surface area (TPSA) is 220 Å². The van der Waals surface area contributed by atoms with Crippen molar-refractivity contribution in [1.29, 1.82) is 0 Å². The summed E-state index contributed by atoms with van der Waals surface area (Å²) in [5.74, 6) is -6.41. The summed E-state index contributed by atoms with van der Waals surface area (Å²) in [5, 5.41) is 12.5. The van der Waals surface area contributed by atoms with Gasteiger partial charge in [-0.1, -0.05) is 51.1 Å².